The third-order valence-electron chi connectivity index (χ3n) is 4.98. The molecule has 1 aliphatic rings. The molecule has 1 atom stereocenters. The molecule has 1 aliphatic heterocycles. The lowest BCUT2D eigenvalue weighted by Crippen LogP contribution is -2.43. The minimum absolute atomic E-state index is 0.0370. The molecule has 0 aliphatic carbocycles. The van der Waals surface area contributed by atoms with Gasteiger partial charge in [0.1, 0.15) is 5.75 Å². The molecule has 3 nitrogen and oxygen atoms in total. The van der Waals surface area contributed by atoms with Crippen molar-refractivity contribution in [3.8, 4) is 5.75 Å². The predicted octanol–water partition coefficient (Wildman–Crippen LogP) is 5.55. The Labute approximate surface area is 174 Å². The summed E-state index contributed by atoms with van der Waals surface area (Å²) in [6, 6.07) is 22.7. The Morgan fingerprint density at radius 2 is 1.61 bits per heavy atom. The van der Waals surface area contributed by atoms with E-state index in [4.69, 9.17) is 27.9 Å². The number of amides is 1. The SMILES string of the molecule is O=C(COc1ccc(Cl)cc1)N1CCc2ccccc2[C@@H]1c1ccccc1Cl. The normalized spacial score (nSPS) is 15.8. The van der Waals surface area contributed by atoms with E-state index in [9.17, 15) is 4.79 Å². The van der Waals surface area contributed by atoms with Gasteiger partial charge in [-0.2, -0.15) is 0 Å². The van der Waals surface area contributed by atoms with Gasteiger partial charge in [-0.1, -0.05) is 65.7 Å². The minimum atomic E-state index is -0.222. The molecule has 5 heteroatoms. The molecule has 0 fully saturated rings. The molecule has 0 bridgehead atoms. The standard InChI is InChI=1S/C23H19Cl2NO2/c24-17-9-11-18(12-10-17)28-15-22(27)26-14-13-16-5-1-2-6-19(16)23(26)20-7-3-4-8-21(20)25/h1-12,23H,13-15H2/t23-/m1/s1. The molecule has 3 aromatic rings. The van der Waals surface area contributed by atoms with Gasteiger partial charge in [0.15, 0.2) is 6.61 Å². The summed E-state index contributed by atoms with van der Waals surface area (Å²) in [6.45, 7) is 0.584. The molecular formula is C23H19Cl2NO2. The second kappa shape index (κ2) is 8.26. The van der Waals surface area contributed by atoms with Crippen LogP contribution in [0.4, 0.5) is 0 Å². The highest BCUT2D eigenvalue weighted by Gasteiger charge is 2.33. The van der Waals surface area contributed by atoms with Gasteiger partial charge in [0.2, 0.25) is 0 Å². The van der Waals surface area contributed by atoms with Crippen LogP contribution in [0.15, 0.2) is 72.8 Å². The molecule has 3 aromatic carbocycles. The summed E-state index contributed by atoms with van der Waals surface area (Å²) in [5.74, 6) is 0.541. The fourth-order valence-corrected chi connectivity index (χ4v) is 3.99. The van der Waals surface area contributed by atoms with Crippen LogP contribution in [0.5, 0.6) is 5.75 Å². The number of carbonyl (C=O) groups excluding carboxylic acids is 1. The second-order valence-electron chi connectivity index (χ2n) is 6.70. The summed E-state index contributed by atoms with van der Waals surface area (Å²) in [5.41, 5.74) is 3.29. The first-order chi connectivity index (χ1) is 13.6. The van der Waals surface area contributed by atoms with E-state index in [2.05, 4.69) is 12.1 Å². The van der Waals surface area contributed by atoms with E-state index in [0.717, 1.165) is 17.5 Å². The molecule has 1 amide bonds. The molecule has 0 saturated carbocycles. The highest BCUT2D eigenvalue weighted by Crippen LogP contribution is 2.38. The maximum Gasteiger partial charge on any atom is 0.261 e. The first-order valence-electron chi connectivity index (χ1n) is 9.13. The van der Waals surface area contributed by atoms with Crippen LogP contribution >= 0.6 is 23.2 Å². The van der Waals surface area contributed by atoms with Crippen LogP contribution in [0.25, 0.3) is 0 Å². The summed E-state index contributed by atoms with van der Waals surface area (Å²) in [5, 5.41) is 1.28. The van der Waals surface area contributed by atoms with Gasteiger partial charge in [0.05, 0.1) is 6.04 Å². The summed E-state index contributed by atoms with van der Waals surface area (Å²) in [6.07, 6.45) is 0.809. The van der Waals surface area contributed by atoms with Crippen molar-refractivity contribution in [2.24, 2.45) is 0 Å². The number of carbonyl (C=O) groups is 1. The van der Waals surface area contributed by atoms with Crippen molar-refractivity contribution in [3.05, 3.63) is 99.5 Å². The Hall–Kier alpha value is -2.49. The maximum atomic E-state index is 13.1. The van der Waals surface area contributed by atoms with Crippen molar-refractivity contribution in [1.29, 1.82) is 0 Å². The lowest BCUT2D eigenvalue weighted by molar-refractivity contribution is -0.135. The molecule has 0 unspecified atom stereocenters. The van der Waals surface area contributed by atoms with Crippen molar-refractivity contribution in [2.45, 2.75) is 12.5 Å². The first kappa shape index (κ1) is 18.9. The van der Waals surface area contributed by atoms with Crippen molar-refractivity contribution in [1.82, 2.24) is 4.90 Å². The zero-order chi connectivity index (χ0) is 19.5. The van der Waals surface area contributed by atoms with Crippen molar-refractivity contribution < 1.29 is 9.53 Å². The van der Waals surface area contributed by atoms with Gasteiger partial charge in [-0.05, 0) is 53.4 Å². The third kappa shape index (κ3) is 3.87. The maximum absolute atomic E-state index is 13.1. The van der Waals surface area contributed by atoms with Crippen molar-refractivity contribution >= 4 is 29.1 Å². The van der Waals surface area contributed by atoms with Gasteiger partial charge >= 0.3 is 0 Å². The minimum Gasteiger partial charge on any atom is -0.484 e. The molecule has 0 N–H and O–H groups in total. The van der Waals surface area contributed by atoms with E-state index in [1.807, 2.05) is 41.3 Å². The number of rotatable bonds is 4. The van der Waals surface area contributed by atoms with Crippen LogP contribution in [0.2, 0.25) is 10.0 Å². The van der Waals surface area contributed by atoms with E-state index >= 15 is 0 Å². The fraction of sp³-hybridized carbons (Fsp3) is 0.174. The molecule has 142 valence electrons. The lowest BCUT2D eigenvalue weighted by atomic mass is 9.88. The van der Waals surface area contributed by atoms with E-state index in [0.29, 0.717) is 22.3 Å². The van der Waals surface area contributed by atoms with Gasteiger partial charge in [-0.3, -0.25) is 4.79 Å². The van der Waals surface area contributed by atoms with Crippen molar-refractivity contribution in [2.75, 3.05) is 13.2 Å². The first-order valence-corrected chi connectivity index (χ1v) is 9.89. The Morgan fingerprint density at radius 1 is 0.929 bits per heavy atom. The highest BCUT2D eigenvalue weighted by atomic mass is 35.5. The number of fused-ring (bicyclic) bond motifs is 1. The average Bonchev–Trinajstić information content (AvgIpc) is 2.73. The van der Waals surface area contributed by atoms with Gasteiger partial charge in [0, 0.05) is 16.6 Å². The number of nitrogens with zero attached hydrogens (tertiary/aromatic N) is 1. The smallest absolute Gasteiger partial charge is 0.261 e. The summed E-state index contributed by atoms with van der Waals surface area (Å²) in [4.78, 5) is 14.9. The van der Waals surface area contributed by atoms with Crippen LogP contribution in [0, 0.1) is 0 Å². The van der Waals surface area contributed by atoms with Gasteiger partial charge in [-0.25, -0.2) is 0 Å². The monoisotopic (exact) mass is 411 g/mol. The molecule has 1 heterocycles. The lowest BCUT2D eigenvalue weighted by Gasteiger charge is -2.38. The van der Waals surface area contributed by atoms with Crippen LogP contribution < -0.4 is 4.74 Å². The molecule has 0 aromatic heterocycles. The summed E-state index contributed by atoms with van der Waals surface area (Å²) >= 11 is 12.4. The van der Waals surface area contributed by atoms with E-state index < -0.39 is 0 Å². The van der Waals surface area contributed by atoms with Crippen LogP contribution in [0.3, 0.4) is 0 Å². The zero-order valence-electron chi connectivity index (χ0n) is 15.1. The van der Waals surface area contributed by atoms with Crippen molar-refractivity contribution in [3.63, 3.8) is 0 Å². The predicted molar refractivity (Wildman–Crippen MR) is 112 cm³/mol. The van der Waals surface area contributed by atoms with Gasteiger partial charge < -0.3 is 9.64 Å². The summed E-state index contributed by atoms with van der Waals surface area (Å²) in [7, 11) is 0. The number of ether oxygens (including phenoxy) is 1. The second-order valence-corrected chi connectivity index (χ2v) is 7.55. The topological polar surface area (TPSA) is 29.5 Å². The molecule has 28 heavy (non-hydrogen) atoms. The Bertz CT molecular complexity index is 988. The molecular weight excluding hydrogens is 393 g/mol. The number of benzene rings is 3. The molecule has 0 saturated heterocycles. The average molecular weight is 412 g/mol. The quantitative estimate of drug-likeness (QED) is 0.563. The number of hydrogen-bond acceptors (Lipinski definition) is 2. The van der Waals surface area contributed by atoms with Crippen LogP contribution in [0.1, 0.15) is 22.7 Å². The van der Waals surface area contributed by atoms with Crippen LogP contribution in [-0.4, -0.2) is 24.0 Å². The fourth-order valence-electron chi connectivity index (χ4n) is 3.63. The zero-order valence-corrected chi connectivity index (χ0v) is 16.7. The van der Waals surface area contributed by atoms with Crippen LogP contribution in [-0.2, 0) is 11.2 Å². The molecule has 0 spiro atoms. The molecule has 0 radical (unpaired) electrons. The Morgan fingerprint density at radius 3 is 2.36 bits per heavy atom. The summed E-state index contributed by atoms with van der Waals surface area (Å²) < 4.78 is 5.70. The number of hydrogen-bond donors (Lipinski definition) is 0. The van der Waals surface area contributed by atoms with Gasteiger partial charge in [0.25, 0.3) is 5.91 Å². The highest BCUT2D eigenvalue weighted by molar-refractivity contribution is 6.31. The third-order valence-corrected chi connectivity index (χ3v) is 5.58. The van der Waals surface area contributed by atoms with E-state index in [1.165, 1.54) is 5.56 Å². The molecule has 4 rings (SSSR count). The van der Waals surface area contributed by atoms with Gasteiger partial charge in [-0.15, -0.1) is 0 Å². The Kier molecular flexibility index (Phi) is 5.56. The largest absolute Gasteiger partial charge is 0.484 e. The number of halogens is 2. The Balaban J connectivity index is 1.62. The van der Waals surface area contributed by atoms with E-state index in [-0.39, 0.29) is 18.6 Å². The van der Waals surface area contributed by atoms with E-state index in [1.54, 1.807) is 24.3 Å².